The summed E-state index contributed by atoms with van der Waals surface area (Å²) in [7, 11) is 0. The summed E-state index contributed by atoms with van der Waals surface area (Å²) in [5.41, 5.74) is 3.66. The van der Waals surface area contributed by atoms with E-state index in [0.717, 1.165) is 11.1 Å². The first-order valence-electron chi connectivity index (χ1n) is 16.5. The Bertz CT molecular complexity index is 2220. The van der Waals surface area contributed by atoms with Crippen molar-refractivity contribution in [1.29, 1.82) is 0 Å². The van der Waals surface area contributed by atoms with Crippen LogP contribution in [0.2, 0.25) is 5.02 Å². The molecule has 6 rings (SSSR count). The molecule has 0 aliphatic heterocycles. The molecule has 3 amide bonds. The van der Waals surface area contributed by atoms with Crippen LogP contribution < -0.4 is 20.7 Å². The highest BCUT2D eigenvalue weighted by Gasteiger charge is 2.23. The van der Waals surface area contributed by atoms with Crippen LogP contribution >= 0.6 is 23.4 Å². The molecule has 53 heavy (non-hydrogen) atoms. The van der Waals surface area contributed by atoms with E-state index in [9.17, 15) is 18.8 Å². The van der Waals surface area contributed by atoms with Crippen molar-refractivity contribution in [2.24, 2.45) is 0 Å². The third kappa shape index (κ3) is 10.4. The molecule has 0 heterocycles. The molecule has 0 aliphatic carbocycles. The Kier molecular flexibility index (Phi) is 12.3. The SMILES string of the molecule is O=C(Nc1cccc(SC(C(=O)Nc2ccc(F)c(Cl)c2)c2ccccc2)c1)/C(=C\c1ccc(OCc2ccccc2)cc1)NC(=O)c1ccccc1. The molecule has 0 aliphatic rings. The molecule has 0 spiro atoms. The predicted octanol–water partition coefficient (Wildman–Crippen LogP) is 9.94. The summed E-state index contributed by atoms with van der Waals surface area (Å²) in [4.78, 5) is 41.3. The number of hydrogen-bond acceptors (Lipinski definition) is 5. The Hall–Kier alpha value is -6.16. The molecule has 1 atom stereocenters. The van der Waals surface area contributed by atoms with Crippen LogP contribution in [0.3, 0.4) is 0 Å². The van der Waals surface area contributed by atoms with Gasteiger partial charge in [0.25, 0.3) is 11.8 Å². The number of ether oxygens (including phenoxy) is 1. The number of amides is 3. The number of thioether (sulfide) groups is 1. The van der Waals surface area contributed by atoms with Crippen molar-refractivity contribution in [1.82, 2.24) is 5.32 Å². The van der Waals surface area contributed by atoms with Crippen molar-refractivity contribution in [2.45, 2.75) is 16.8 Å². The number of carbonyl (C=O) groups excluding carboxylic acids is 3. The minimum absolute atomic E-state index is 0.0226. The van der Waals surface area contributed by atoms with E-state index in [-0.39, 0.29) is 16.6 Å². The van der Waals surface area contributed by atoms with E-state index in [2.05, 4.69) is 16.0 Å². The first-order chi connectivity index (χ1) is 25.8. The monoisotopic (exact) mass is 741 g/mol. The fourth-order valence-electron chi connectivity index (χ4n) is 5.17. The zero-order chi connectivity index (χ0) is 37.0. The van der Waals surface area contributed by atoms with Gasteiger partial charge in [-0.3, -0.25) is 14.4 Å². The van der Waals surface area contributed by atoms with Gasteiger partial charge in [-0.25, -0.2) is 4.39 Å². The van der Waals surface area contributed by atoms with Gasteiger partial charge in [-0.2, -0.15) is 0 Å². The summed E-state index contributed by atoms with van der Waals surface area (Å²) in [5.74, 6) is -1.27. The van der Waals surface area contributed by atoms with Gasteiger partial charge >= 0.3 is 0 Å². The van der Waals surface area contributed by atoms with Crippen molar-refractivity contribution < 1.29 is 23.5 Å². The van der Waals surface area contributed by atoms with E-state index in [0.29, 0.717) is 39.8 Å². The zero-order valence-corrected chi connectivity index (χ0v) is 29.7. The van der Waals surface area contributed by atoms with Gasteiger partial charge in [0, 0.05) is 21.8 Å². The van der Waals surface area contributed by atoms with E-state index in [1.165, 1.54) is 30.0 Å². The summed E-state index contributed by atoms with van der Waals surface area (Å²) in [6.07, 6.45) is 1.59. The lowest BCUT2D eigenvalue weighted by molar-refractivity contribution is -0.116. The lowest BCUT2D eigenvalue weighted by Crippen LogP contribution is -2.30. The van der Waals surface area contributed by atoms with Crippen molar-refractivity contribution >= 4 is 58.5 Å². The molecule has 6 aromatic carbocycles. The predicted molar refractivity (Wildman–Crippen MR) is 209 cm³/mol. The van der Waals surface area contributed by atoms with Gasteiger partial charge in [-0.15, -0.1) is 11.8 Å². The lowest BCUT2D eigenvalue weighted by Gasteiger charge is -2.18. The van der Waals surface area contributed by atoms with Crippen LogP contribution in [0.25, 0.3) is 6.08 Å². The van der Waals surface area contributed by atoms with Gasteiger partial charge in [0.1, 0.15) is 29.1 Å². The fourth-order valence-corrected chi connectivity index (χ4v) is 6.44. The summed E-state index contributed by atoms with van der Waals surface area (Å²) in [6.45, 7) is 0.411. The minimum Gasteiger partial charge on any atom is -0.489 e. The van der Waals surface area contributed by atoms with Crippen LogP contribution in [0.5, 0.6) is 5.75 Å². The second-order valence-electron chi connectivity index (χ2n) is 11.7. The second kappa shape index (κ2) is 17.9. The average molecular weight is 742 g/mol. The maximum absolute atomic E-state index is 13.8. The van der Waals surface area contributed by atoms with Crippen LogP contribution in [0.4, 0.5) is 15.8 Å². The highest BCUT2D eigenvalue weighted by molar-refractivity contribution is 8.00. The van der Waals surface area contributed by atoms with E-state index in [4.69, 9.17) is 16.3 Å². The van der Waals surface area contributed by atoms with Crippen LogP contribution in [-0.2, 0) is 16.2 Å². The number of carbonyl (C=O) groups is 3. The molecule has 0 bridgehead atoms. The number of halogens is 2. The Morgan fingerprint density at radius 1 is 0.717 bits per heavy atom. The molecule has 0 saturated heterocycles. The Labute approximate surface area is 315 Å². The molecule has 0 radical (unpaired) electrons. The van der Waals surface area contributed by atoms with Crippen LogP contribution in [-0.4, -0.2) is 17.7 Å². The number of hydrogen-bond donors (Lipinski definition) is 3. The van der Waals surface area contributed by atoms with Gasteiger partial charge in [0.05, 0.1) is 5.02 Å². The van der Waals surface area contributed by atoms with Crippen LogP contribution in [0.1, 0.15) is 32.3 Å². The highest BCUT2D eigenvalue weighted by atomic mass is 35.5. The molecule has 0 aromatic heterocycles. The quantitative estimate of drug-likeness (QED) is 0.0809. The molecule has 1 unspecified atom stereocenters. The number of nitrogens with one attached hydrogen (secondary N) is 3. The van der Waals surface area contributed by atoms with Gasteiger partial charge in [-0.1, -0.05) is 109 Å². The standard InChI is InChI=1S/C43H33ClFN3O4S/c44-37-27-34(21-24-38(37)45)47-43(51)40(31-13-6-2-7-14-31)53-36-18-10-17-33(26-36)46-42(50)39(48-41(49)32-15-8-3-9-16-32)25-29-19-22-35(23-20-29)52-28-30-11-4-1-5-12-30/h1-27,40H,28H2,(H,46,50)(H,47,51)(H,48,49)/b39-25+. The Balaban J connectivity index is 1.20. The number of anilines is 2. The molecular formula is C43H33ClFN3O4S. The zero-order valence-electron chi connectivity index (χ0n) is 28.2. The molecule has 0 saturated carbocycles. The minimum atomic E-state index is -0.703. The first kappa shape index (κ1) is 36.6. The van der Waals surface area contributed by atoms with Gasteiger partial charge in [-0.05, 0) is 83.4 Å². The molecule has 7 nitrogen and oxygen atoms in total. The van der Waals surface area contributed by atoms with E-state index in [1.807, 2.05) is 66.7 Å². The van der Waals surface area contributed by atoms with Crippen molar-refractivity contribution in [3.05, 3.63) is 197 Å². The van der Waals surface area contributed by atoms with Crippen LogP contribution in [0.15, 0.2) is 168 Å². The largest absolute Gasteiger partial charge is 0.489 e. The summed E-state index contributed by atoms with van der Waals surface area (Å²) in [6, 6.07) is 45.9. The summed E-state index contributed by atoms with van der Waals surface area (Å²) >= 11 is 7.22. The second-order valence-corrected chi connectivity index (χ2v) is 13.3. The molecule has 3 N–H and O–H groups in total. The van der Waals surface area contributed by atoms with Gasteiger partial charge < -0.3 is 20.7 Å². The third-order valence-electron chi connectivity index (χ3n) is 7.84. The van der Waals surface area contributed by atoms with Gasteiger partial charge in [0.15, 0.2) is 0 Å². The normalized spacial score (nSPS) is 11.6. The smallest absolute Gasteiger partial charge is 0.272 e. The molecular weight excluding hydrogens is 709 g/mol. The van der Waals surface area contributed by atoms with Crippen molar-refractivity contribution in [2.75, 3.05) is 10.6 Å². The average Bonchev–Trinajstić information content (AvgIpc) is 3.19. The van der Waals surface area contributed by atoms with Crippen LogP contribution in [0, 0.1) is 5.82 Å². The Morgan fingerprint density at radius 2 is 1.38 bits per heavy atom. The van der Waals surface area contributed by atoms with Gasteiger partial charge in [0.2, 0.25) is 5.91 Å². The van der Waals surface area contributed by atoms with E-state index < -0.39 is 22.9 Å². The number of rotatable bonds is 13. The molecule has 0 fully saturated rings. The summed E-state index contributed by atoms with van der Waals surface area (Å²) < 4.78 is 19.7. The van der Waals surface area contributed by atoms with Crippen molar-refractivity contribution in [3.8, 4) is 5.75 Å². The third-order valence-corrected chi connectivity index (χ3v) is 9.38. The summed E-state index contributed by atoms with van der Waals surface area (Å²) in [5, 5.41) is 7.68. The molecule has 10 heteroatoms. The maximum atomic E-state index is 13.8. The number of benzene rings is 6. The molecule has 264 valence electrons. The first-order valence-corrected chi connectivity index (χ1v) is 17.8. The topological polar surface area (TPSA) is 96.5 Å². The van der Waals surface area contributed by atoms with Crippen molar-refractivity contribution in [3.63, 3.8) is 0 Å². The highest BCUT2D eigenvalue weighted by Crippen LogP contribution is 2.37. The maximum Gasteiger partial charge on any atom is 0.272 e. The Morgan fingerprint density at radius 3 is 2.08 bits per heavy atom. The lowest BCUT2D eigenvalue weighted by atomic mass is 10.1. The van der Waals surface area contributed by atoms with E-state index >= 15 is 0 Å². The molecule has 6 aromatic rings. The fraction of sp³-hybridized carbons (Fsp3) is 0.0465. The van der Waals surface area contributed by atoms with E-state index in [1.54, 1.807) is 78.9 Å².